The molecule has 0 aromatic heterocycles. The molecule has 4 fully saturated rings. The molecule has 0 unspecified atom stereocenters. The fourth-order valence-electron chi connectivity index (χ4n) is 7.89. The molecule has 0 aromatic rings. The van der Waals surface area contributed by atoms with Crippen molar-refractivity contribution in [2.24, 2.45) is 35.5 Å². The van der Waals surface area contributed by atoms with Crippen molar-refractivity contribution < 1.29 is 9.90 Å². The Morgan fingerprint density at radius 2 is 0.912 bits per heavy atom. The smallest absolute Gasteiger partial charge is 0.132 e. The van der Waals surface area contributed by atoms with Gasteiger partial charge in [-0.3, -0.25) is 4.79 Å². The highest BCUT2D eigenvalue weighted by Crippen LogP contribution is 2.42. The first-order valence-electron chi connectivity index (χ1n) is 15.8. The van der Waals surface area contributed by atoms with Crippen LogP contribution in [0.5, 0.6) is 0 Å². The summed E-state index contributed by atoms with van der Waals surface area (Å²) >= 11 is 0. The van der Waals surface area contributed by atoms with Gasteiger partial charge in [0.05, 0.1) is 6.10 Å². The van der Waals surface area contributed by atoms with Gasteiger partial charge >= 0.3 is 0 Å². The van der Waals surface area contributed by atoms with Gasteiger partial charge < -0.3 is 5.11 Å². The first-order valence-corrected chi connectivity index (χ1v) is 15.8. The van der Waals surface area contributed by atoms with E-state index >= 15 is 0 Å². The van der Waals surface area contributed by atoms with Crippen LogP contribution < -0.4 is 0 Å². The van der Waals surface area contributed by atoms with E-state index < -0.39 is 0 Å². The van der Waals surface area contributed by atoms with Crippen LogP contribution >= 0.6 is 0 Å². The Balaban J connectivity index is 0.000000191. The van der Waals surface area contributed by atoms with Gasteiger partial charge in [0.25, 0.3) is 0 Å². The Morgan fingerprint density at radius 3 is 1.29 bits per heavy atom. The summed E-state index contributed by atoms with van der Waals surface area (Å²) in [4.78, 5) is 11.3. The zero-order valence-electron chi connectivity index (χ0n) is 23.0. The summed E-state index contributed by atoms with van der Waals surface area (Å²) in [6, 6.07) is 0. The highest BCUT2D eigenvalue weighted by atomic mass is 16.3. The van der Waals surface area contributed by atoms with E-state index in [-0.39, 0.29) is 6.10 Å². The number of ketones is 1. The number of hydrogen-bond acceptors (Lipinski definition) is 2. The third kappa shape index (κ3) is 9.59. The van der Waals surface area contributed by atoms with E-state index in [0.717, 1.165) is 61.2 Å². The molecule has 0 aromatic carbocycles. The average Bonchev–Trinajstić information content (AvgIpc) is 2.88. The first kappa shape index (κ1) is 28.2. The number of aliphatic hydroxyl groups excluding tert-OH is 1. The van der Waals surface area contributed by atoms with Gasteiger partial charge in [0.1, 0.15) is 5.78 Å². The summed E-state index contributed by atoms with van der Waals surface area (Å²) in [6.07, 6.45) is 29.2. The van der Waals surface area contributed by atoms with E-state index in [4.69, 9.17) is 0 Å². The highest BCUT2D eigenvalue weighted by Gasteiger charge is 2.31. The lowest BCUT2D eigenvalue weighted by Gasteiger charge is -2.37. The van der Waals surface area contributed by atoms with Crippen LogP contribution in [0.3, 0.4) is 0 Å². The lowest BCUT2D eigenvalue weighted by atomic mass is 9.70. The van der Waals surface area contributed by atoms with E-state index in [9.17, 15) is 9.90 Å². The van der Waals surface area contributed by atoms with Crippen molar-refractivity contribution in [1.82, 2.24) is 0 Å². The second-order valence-electron chi connectivity index (χ2n) is 12.8. The van der Waals surface area contributed by atoms with Crippen molar-refractivity contribution >= 4 is 5.78 Å². The van der Waals surface area contributed by atoms with E-state index in [1.54, 1.807) is 0 Å². The van der Waals surface area contributed by atoms with E-state index in [1.807, 2.05) is 0 Å². The number of aliphatic hydroxyl groups is 1. The number of rotatable bonds is 8. The van der Waals surface area contributed by atoms with Gasteiger partial charge in [-0.1, -0.05) is 78.1 Å². The Kier molecular flexibility index (Phi) is 13.0. The second-order valence-corrected chi connectivity index (χ2v) is 12.8. The van der Waals surface area contributed by atoms with Crippen molar-refractivity contribution in [3.8, 4) is 0 Å². The van der Waals surface area contributed by atoms with Crippen molar-refractivity contribution in [3.05, 3.63) is 0 Å². The monoisotopic (exact) mass is 474 g/mol. The Bertz CT molecular complexity index is 523. The van der Waals surface area contributed by atoms with Gasteiger partial charge in [0.2, 0.25) is 0 Å². The largest absolute Gasteiger partial charge is 0.393 e. The highest BCUT2D eigenvalue weighted by molar-refractivity contribution is 5.79. The number of Topliss-reactive ketones (excluding diaryl/α,β-unsaturated/α-hetero) is 1. The third-order valence-electron chi connectivity index (χ3n) is 10.4. The van der Waals surface area contributed by atoms with Crippen molar-refractivity contribution in [1.29, 1.82) is 0 Å². The van der Waals surface area contributed by atoms with Crippen LogP contribution in [-0.4, -0.2) is 17.0 Å². The van der Waals surface area contributed by atoms with Crippen molar-refractivity contribution in [2.45, 2.75) is 161 Å². The van der Waals surface area contributed by atoms with Gasteiger partial charge in [0.15, 0.2) is 0 Å². The van der Waals surface area contributed by atoms with Crippen LogP contribution in [0.2, 0.25) is 0 Å². The maximum Gasteiger partial charge on any atom is 0.132 e. The molecule has 0 radical (unpaired) electrons. The third-order valence-corrected chi connectivity index (χ3v) is 10.4. The molecule has 0 bridgehead atoms. The van der Waals surface area contributed by atoms with Crippen LogP contribution in [0.1, 0.15) is 155 Å². The number of carbonyl (C=O) groups excluding carboxylic acids is 1. The maximum absolute atomic E-state index is 11.3. The summed E-state index contributed by atoms with van der Waals surface area (Å²) in [6.45, 7) is 4.60. The molecule has 4 rings (SSSR count). The fourth-order valence-corrected chi connectivity index (χ4v) is 7.89. The van der Waals surface area contributed by atoms with Crippen LogP contribution in [-0.2, 0) is 4.79 Å². The molecular weight excluding hydrogens is 416 g/mol. The average molecular weight is 475 g/mol. The van der Waals surface area contributed by atoms with E-state index in [2.05, 4.69) is 13.8 Å². The van der Waals surface area contributed by atoms with Crippen molar-refractivity contribution in [2.75, 3.05) is 0 Å². The molecule has 1 N–H and O–H groups in total. The molecular formula is C32H58O2. The lowest BCUT2D eigenvalue weighted by molar-refractivity contribution is -0.121. The van der Waals surface area contributed by atoms with Crippen LogP contribution in [0, 0.1) is 35.5 Å². The maximum atomic E-state index is 11.3. The molecule has 4 aliphatic rings. The molecule has 2 heteroatoms. The quantitative estimate of drug-likeness (QED) is 0.380. The van der Waals surface area contributed by atoms with E-state index in [0.29, 0.717) is 5.78 Å². The molecule has 4 saturated carbocycles. The molecule has 0 amide bonds. The number of unbranched alkanes of at least 4 members (excludes halogenated alkanes) is 2. The van der Waals surface area contributed by atoms with Gasteiger partial charge in [0, 0.05) is 12.8 Å². The molecule has 0 aliphatic heterocycles. The predicted molar refractivity (Wildman–Crippen MR) is 145 cm³/mol. The normalized spacial score (nSPS) is 35.4. The predicted octanol–water partition coefficient (Wildman–Crippen LogP) is 9.28. The van der Waals surface area contributed by atoms with Gasteiger partial charge in [-0.25, -0.2) is 0 Å². The minimum atomic E-state index is 0.0205. The fraction of sp³-hybridized carbons (Fsp3) is 0.969. The number of hydrogen-bond donors (Lipinski definition) is 1. The molecule has 0 saturated heterocycles. The van der Waals surface area contributed by atoms with Gasteiger partial charge in [-0.15, -0.1) is 0 Å². The summed E-state index contributed by atoms with van der Waals surface area (Å²) in [5, 5.41) is 9.56. The minimum absolute atomic E-state index is 0.0205. The first-order chi connectivity index (χ1) is 16.6. The van der Waals surface area contributed by atoms with Crippen LogP contribution in [0.15, 0.2) is 0 Å². The summed E-state index contributed by atoms with van der Waals surface area (Å²) < 4.78 is 0. The molecule has 2 nitrogen and oxygen atoms in total. The summed E-state index contributed by atoms with van der Waals surface area (Å²) in [7, 11) is 0. The minimum Gasteiger partial charge on any atom is -0.393 e. The summed E-state index contributed by atoms with van der Waals surface area (Å²) in [5.41, 5.74) is 0. The molecule has 198 valence electrons. The SMILES string of the molecule is CCCCC1CCC(C2CCC(=O)CC2)CC1.CCCCC1CCC(C2CCC(O)CC2)CC1. The Labute approximate surface area is 212 Å². The standard InChI is InChI=1S/C16H30O.C16H28O/c2*1-2-3-4-13-5-7-14(8-6-13)15-9-11-16(17)12-10-15/h13-17H,2-12H2,1H3;13-15H,2-12H2,1H3. The summed E-state index contributed by atoms with van der Waals surface area (Å²) in [5.74, 6) is 6.38. The molecule has 4 aliphatic carbocycles. The second kappa shape index (κ2) is 15.7. The molecule has 34 heavy (non-hydrogen) atoms. The zero-order chi connectivity index (χ0) is 24.2. The van der Waals surface area contributed by atoms with E-state index in [1.165, 1.54) is 116 Å². The molecule has 0 heterocycles. The number of carbonyl (C=O) groups is 1. The van der Waals surface area contributed by atoms with Crippen LogP contribution in [0.25, 0.3) is 0 Å². The van der Waals surface area contributed by atoms with Crippen molar-refractivity contribution in [3.63, 3.8) is 0 Å². The zero-order valence-corrected chi connectivity index (χ0v) is 23.0. The topological polar surface area (TPSA) is 37.3 Å². The van der Waals surface area contributed by atoms with Gasteiger partial charge in [-0.2, -0.15) is 0 Å². The molecule has 0 spiro atoms. The Morgan fingerprint density at radius 1 is 0.559 bits per heavy atom. The van der Waals surface area contributed by atoms with Gasteiger partial charge in [-0.05, 0) is 99.7 Å². The lowest BCUT2D eigenvalue weighted by Crippen LogP contribution is -2.27. The van der Waals surface area contributed by atoms with Crippen LogP contribution in [0.4, 0.5) is 0 Å². The Hall–Kier alpha value is -0.370. The molecule has 0 atom stereocenters.